The third kappa shape index (κ3) is 1.98. The number of imidazole rings is 1. The molecule has 1 aromatic heterocycles. The maximum atomic E-state index is 13.5. The van der Waals surface area contributed by atoms with Crippen LogP contribution in [-0.2, 0) is 7.05 Å². The molecular formula is C11H12FN3. The van der Waals surface area contributed by atoms with Gasteiger partial charge in [-0.25, -0.2) is 9.37 Å². The number of aromatic nitrogens is 2. The van der Waals surface area contributed by atoms with E-state index in [4.69, 9.17) is 0 Å². The zero-order chi connectivity index (χ0) is 10.8. The summed E-state index contributed by atoms with van der Waals surface area (Å²) in [4.78, 5) is 4.06. The molecule has 0 aliphatic carbocycles. The molecule has 0 spiro atoms. The summed E-state index contributed by atoms with van der Waals surface area (Å²) >= 11 is 0. The molecule has 15 heavy (non-hydrogen) atoms. The smallest absolute Gasteiger partial charge is 0.207 e. The van der Waals surface area contributed by atoms with Crippen molar-refractivity contribution in [2.45, 2.75) is 6.92 Å². The van der Waals surface area contributed by atoms with E-state index >= 15 is 0 Å². The summed E-state index contributed by atoms with van der Waals surface area (Å²) in [5.74, 6) is 0.357. The number of halogens is 1. The summed E-state index contributed by atoms with van der Waals surface area (Å²) in [6.45, 7) is 1.85. The van der Waals surface area contributed by atoms with Gasteiger partial charge >= 0.3 is 0 Å². The molecule has 4 heteroatoms. The molecule has 2 aromatic rings. The molecule has 0 radical (unpaired) electrons. The van der Waals surface area contributed by atoms with E-state index in [1.807, 2.05) is 20.0 Å². The zero-order valence-electron chi connectivity index (χ0n) is 8.66. The van der Waals surface area contributed by atoms with E-state index in [1.54, 1.807) is 23.0 Å². The molecule has 0 fully saturated rings. The molecular weight excluding hydrogens is 193 g/mol. The molecule has 0 aliphatic rings. The quantitative estimate of drug-likeness (QED) is 0.816. The first-order chi connectivity index (χ1) is 7.16. The van der Waals surface area contributed by atoms with E-state index in [-0.39, 0.29) is 5.82 Å². The summed E-state index contributed by atoms with van der Waals surface area (Å²) in [7, 11) is 1.85. The van der Waals surface area contributed by atoms with Gasteiger partial charge in [-0.1, -0.05) is 6.07 Å². The summed E-state index contributed by atoms with van der Waals surface area (Å²) in [5.41, 5.74) is 1.34. The number of anilines is 2. The van der Waals surface area contributed by atoms with E-state index < -0.39 is 0 Å². The Balaban J connectivity index is 2.29. The summed E-state index contributed by atoms with van der Waals surface area (Å²) in [5, 5.41) is 2.92. The average molecular weight is 205 g/mol. The molecule has 0 saturated heterocycles. The van der Waals surface area contributed by atoms with Crippen LogP contribution >= 0.6 is 0 Å². The maximum absolute atomic E-state index is 13.5. The number of benzene rings is 1. The van der Waals surface area contributed by atoms with Crippen LogP contribution in [-0.4, -0.2) is 9.55 Å². The highest BCUT2D eigenvalue weighted by Crippen LogP contribution is 2.19. The Kier molecular flexibility index (Phi) is 2.41. The standard InChI is InChI=1S/C11H12FN3/c1-8-3-4-10(9(12)7-8)14-11-13-5-6-15(11)2/h3-7H,1-2H3,(H,13,14). The topological polar surface area (TPSA) is 29.9 Å². The number of nitrogens with zero attached hydrogens (tertiary/aromatic N) is 2. The molecule has 2 rings (SSSR count). The van der Waals surface area contributed by atoms with E-state index in [9.17, 15) is 4.39 Å². The minimum Gasteiger partial charge on any atom is -0.323 e. The Morgan fingerprint density at radius 2 is 2.20 bits per heavy atom. The highest BCUT2D eigenvalue weighted by Gasteiger charge is 2.04. The largest absolute Gasteiger partial charge is 0.323 e. The molecule has 0 atom stereocenters. The predicted molar refractivity (Wildman–Crippen MR) is 57.6 cm³/mol. The average Bonchev–Trinajstić information content (AvgIpc) is 2.57. The second-order valence-corrected chi connectivity index (χ2v) is 3.47. The van der Waals surface area contributed by atoms with Gasteiger partial charge in [0.2, 0.25) is 5.95 Å². The van der Waals surface area contributed by atoms with E-state index in [0.717, 1.165) is 5.56 Å². The first-order valence-corrected chi connectivity index (χ1v) is 4.67. The van der Waals surface area contributed by atoms with Gasteiger partial charge in [-0.3, -0.25) is 0 Å². The Hall–Kier alpha value is -1.84. The molecule has 0 amide bonds. The van der Waals surface area contributed by atoms with Gasteiger partial charge in [0, 0.05) is 19.4 Å². The van der Waals surface area contributed by atoms with Crippen LogP contribution < -0.4 is 5.32 Å². The molecule has 1 N–H and O–H groups in total. The Bertz CT molecular complexity index is 476. The summed E-state index contributed by atoms with van der Waals surface area (Å²) < 4.78 is 15.3. The lowest BCUT2D eigenvalue weighted by atomic mass is 10.2. The van der Waals surface area contributed by atoms with Gasteiger partial charge < -0.3 is 9.88 Å². The van der Waals surface area contributed by atoms with Crippen molar-refractivity contribution in [3.05, 3.63) is 42.0 Å². The highest BCUT2D eigenvalue weighted by atomic mass is 19.1. The van der Waals surface area contributed by atoms with Crippen LogP contribution in [0.15, 0.2) is 30.6 Å². The van der Waals surface area contributed by atoms with Gasteiger partial charge in [-0.2, -0.15) is 0 Å². The van der Waals surface area contributed by atoms with Crippen molar-refractivity contribution in [3.8, 4) is 0 Å². The molecule has 0 saturated carbocycles. The minimum absolute atomic E-state index is 0.266. The second kappa shape index (κ2) is 3.73. The minimum atomic E-state index is -0.266. The highest BCUT2D eigenvalue weighted by molar-refractivity contribution is 5.54. The molecule has 1 aromatic carbocycles. The number of nitrogens with one attached hydrogen (secondary N) is 1. The van der Waals surface area contributed by atoms with E-state index in [1.165, 1.54) is 6.07 Å². The van der Waals surface area contributed by atoms with Gasteiger partial charge in [0.1, 0.15) is 5.82 Å². The fourth-order valence-electron chi connectivity index (χ4n) is 1.33. The normalized spacial score (nSPS) is 10.3. The second-order valence-electron chi connectivity index (χ2n) is 3.47. The Morgan fingerprint density at radius 3 is 2.80 bits per heavy atom. The molecule has 0 unspecified atom stereocenters. The van der Waals surface area contributed by atoms with E-state index in [2.05, 4.69) is 10.3 Å². The van der Waals surface area contributed by atoms with Crippen LogP contribution in [0.2, 0.25) is 0 Å². The number of aryl methyl sites for hydroxylation is 2. The van der Waals surface area contributed by atoms with Gasteiger partial charge in [0.15, 0.2) is 0 Å². The van der Waals surface area contributed by atoms with Crippen LogP contribution in [0.3, 0.4) is 0 Å². The molecule has 0 bridgehead atoms. The van der Waals surface area contributed by atoms with Crippen molar-refractivity contribution in [2.24, 2.45) is 7.05 Å². The fourth-order valence-corrected chi connectivity index (χ4v) is 1.33. The van der Waals surface area contributed by atoms with Gasteiger partial charge in [-0.05, 0) is 24.6 Å². The predicted octanol–water partition coefficient (Wildman–Crippen LogP) is 2.61. The van der Waals surface area contributed by atoms with Crippen molar-refractivity contribution in [1.82, 2.24) is 9.55 Å². The fraction of sp³-hybridized carbons (Fsp3) is 0.182. The number of hydrogen-bond donors (Lipinski definition) is 1. The maximum Gasteiger partial charge on any atom is 0.207 e. The lowest BCUT2D eigenvalue weighted by Crippen LogP contribution is -2.00. The van der Waals surface area contributed by atoms with E-state index in [0.29, 0.717) is 11.6 Å². The Morgan fingerprint density at radius 1 is 1.40 bits per heavy atom. The first kappa shape index (κ1) is 9.71. The van der Waals surface area contributed by atoms with Gasteiger partial charge in [0.25, 0.3) is 0 Å². The van der Waals surface area contributed by atoms with Gasteiger partial charge in [-0.15, -0.1) is 0 Å². The van der Waals surface area contributed by atoms with Crippen LogP contribution in [0.1, 0.15) is 5.56 Å². The molecule has 0 aliphatic heterocycles. The monoisotopic (exact) mass is 205 g/mol. The van der Waals surface area contributed by atoms with Crippen LogP contribution in [0.25, 0.3) is 0 Å². The van der Waals surface area contributed by atoms with Crippen LogP contribution in [0.5, 0.6) is 0 Å². The van der Waals surface area contributed by atoms with Crippen molar-refractivity contribution >= 4 is 11.6 Å². The Labute approximate surface area is 87.6 Å². The number of rotatable bonds is 2. The van der Waals surface area contributed by atoms with Gasteiger partial charge in [0.05, 0.1) is 5.69 Å². The third-order valence-corrected chi connectivity index (χ3v) is 2.19. The molecule has 1 heterocycles. The lowest BCUT2D eigenvalue weighted by molar-refractivity contribution is 0.630. The number of hydrogen-bond acceptors (Lipinski definition) is 2. The van der Waals surface area contributed by atoms with Crippen molar-refractivity contribution < 1.29 is 4.39 Å². The molecule has 78 valence electrons. The lowest BCUT2D eigenvalue weighted by Gasteiger charge is -2.07. The summed E-state index contributed by atoms with van der Waals surface area (Å²) in [6.07, 6.45) is 3.46. The SMILES string of the molecule is Cc1ccc(Nc2nccn2C)c(F)c1. The van der Waals surface area contributed by atoms with Crippen molar-refractivity contribution in [3.63, 3.8) is 0 Å². The third-order valence-electron chi connectivity index (χ3n) is 2.19. The van der Waals surface area contributed by atoms with Crippen molar-refractivity contribution in [1.29, 1.82) is 0 Å². The van der Waals surface area contributed by atoms with Crippen molar-refractivity contribution in [2.75, 3.05) is 5.32 Å². The van der Waals surface area contributed by atoms with Crippen LogP contribution in [0, 0.1) is 12.7 Å². The first-order valence-electron chi connectivity index (χ1n) is 4.67. The summed E-state index contributed by atoms with van der Waals surface area (Å²) in [6, 6.07) is 5.05. The zero-order valence-corrected chi connectivity index (χ0v) is 8.66. The van der Waals surface area contributed by atoms with Crippen LogP contribution in [0.4, 0.5) is 16.0 Å². The molecule has 3 nitrogen and oxygen atoms in total.